The van der Waals surface area contributed by atoms with Crippen molar-refractivity contribution in [2.75, 3.05) is 0 Å². The summed E-state index contributed by atoms with van der Waals surface area (Å²) in [4.78, 5) is 10.7. The van der Waals surface area contributed by atoms with Crippen molar-refractivity contribution in [3.05, 3.63) is 48.0 Å². The van der Waals surface area contributed by atoms with Crippen LogP contribution in [-0.4, -0.2) is 16.2 Å². The van der Waals surface area contributed by atoms with E-state index >= 15 is 0 Å². The Balaban J connectivity index is 3.04. The number of hydrogen-bond acceptors (Lipinski definition) is 2. The van der Waals surface area contributed by atoms with E-state index in [0.29, 0.717) is 5.56 Å². The first-order valence-electron chi connectivity index (χ1n) is 5.10. The summed E-state index contributed by atoms with van der Waals surface area (Å²) in [6.07, 6.45) is 1.44. The van der Waals surface area contributed by atoms with Gasteiger partial charge in [0.05, 0.1) is 6.42 Å². The van der Waals surface area contributed by atoms with Crippen LogP contribution in [0.2, 0.25) is 0 Å². The first-order valence-corrected chi connectivity index (χ1v) is 5.10. The Kier molecular flexibility index (Phi) is 3.85. The van der Waals surface area contributed by atoms with Crippen LogP contribution in [0.3, 0.4) is 0 Å². The first kappa shape index (κ1) is 12.5. The molecule has 1 aromatic carbocycles. The molecule has 0 saturated carbocycles. The van der Waals surface area contributed by atoms with Crippen molar-refractivity contribution in [1.82, 2.24) is 0 Å². The van der Waals surface area contributed by atoms with Crippen molar-refractivity contribution in [3.63, 3.8) is 0 Å². The Morgan fingerprint density at radius 3 is 2.44 bits per heavy atom. The number of aryl methyl sites for hydroxylation is 1. The topological polar surface area (TPSA) is 57.5 Å². The van der Waals surface area contributed by atoms with E-state index in [-0.39, 0.29) is 12.8 Å². The molecular weight excluding hydrogens is 204 g/mol. The lowest BCUT2D eigenvalue weighted by Gasteiger charge is -2.25. The quantitative estimate of drug-likeness (QED) is 0.748. The highest BCUT2D eigenvalue weighted by molar-refractivity contribution is 5.68. The number of hydrogen-bond donors (Lipinski definition) is 2. The third kappa shape index (κ3) is 2.94. The van der Waals surface area contributed by atoms with E-state index in [4.69, 9.17) is 5.11 Å². The number of carboxylic acids is 1. The predicted molar refractivity (Wildman–Crippen MR) is 62.1 cm³/mol. The van der Waals surface area contributed by atoms with E-state index < -0.39 is 11.6 Å². The van der Waals surface area contributed by atoms with Gasteiger partial charge in [0, 0.05) is 0 Å². The lowest BCUT2D eigenvalue weighted by Crippen LogP contribution is -2.28. The molecule has 2 N–H and O–H groups in total. The standard InChI is InChI=1S/C13H16O3/c1-3-8-13(16,9-12(14)15)11-6-4-10(2)5-7-11/h3-7,16H,1,8-9H2,2H3,(H,14,15). The molecule has 3 heteroatoms. The molecule has 0 fully saturated rings. The molecule has 86 valence electrons. The van der Waals surface area contributed by atoms with Gasteiger partial charge in [0.2, 0.25) is 0 Å². The van der Waals surface area contributed by atoms with Crippen molar-refractivity contribution >= 4 is 5.97 Å². The summed E-state index contributed by atoms with van der Waals surface area (Å²) < 4.78 is 0. The van der Waals surface area contributed by atoms with Gasteiger partial charge in [-0.2, -0.15) is 0 Å². The number of benzene rings is 1. The molecule has 0 heterocycles. The van der Waals surface area contributed by atoms with Gasteiger partial charge in [0.15, 0.2) is 0 Å². The molecule has 16 heavy (non-hydrogen) atoms. The summed E-state index contributed by atoms with van der Waals surface area (Å²) in [6, 6.07) is 7.21. The molecular formula is C13H16O3. The number of carbonyl (C=O) groups is 1. The van der Waals surface area contributed by atoms with Crippen LogP contribution in [0.1, 0.15) is 24.0 Å². The van der Waals surface area contributed by atoms with Gasteiger partial charge in [-0.3, -0.25) is 4.79 Å². The minimum Gasteiger partial charge on any atom is -0.481 e. The summed E-state index contributed by atoms with van der Waals surface area (Å²) >= 11 is 0. The van der Waals surface area contributed by atoms with Gasteiger partial charge in [-0.25, -0.2) is 0 Å². The summed E-state index contributed by atoms with van der Waals surface area (Å²) in [5.74, 6) is -1.02. The van der Waals surface area contributed by atoms with Crippen molar-refractivity contribution in [1.29, 1.82) is 0 Å². The average Bonchev–Trinajstić information content (AvgIpc) is 2.17. The molecule has 3 nitrogen and oxygen atoms in total. The molecule has 0 spiro atoms. The van der Waals surface area contributed by atoms with Gasteiger partial charge in [0.25, 0.3) is 0 Å². The SMILES string of the molecule is C=CCC(O)(CC(=O)O)c1ccc(C)cc1. The Morgan fingerprint density at radius 1 is 1.44 bits per heavy atom. The maximum absolute atomic E-state index is 10.7. The van der Waals surface area contributed by atoms with Gasteiger partial charge < -0.3 is 10.2 Å². The summed E-state index contributed by atoms with van der Waals surface area (Å²) in [5.41, 5.74) is 0.321. The van der Waals surface area contributed by atoms with Gasteiger partial charge in [-0.05, 0) is 18.9 Å². The largest absolute Gasteiger partial charge is 0.481 e. The normalized spacial score (nSPS) is 14.1. The molecule has 1 aromatic rings. The highest BCUT2D eigenvalue weighted by Crippen LogP contribution is 2.29. The van der Waals surface area contributed by atoms with Crippen LogP contribution in [0, 0.1) is 6.92 Å². The van der Waals surface area contributed by atoms with Crippen molar-refractivity contribution in [2.45, 2.75) is 25.4 Å². The zero-order valence-corrected chi connectivity index (χ0v) is 9.31. The van der Waals surface area contributed by atoms with E-state index in [1.54, 1.807) is 12.1 Å². The Morgan fingerprint density at radius 2 is 2.00 bits per heavy atom. The van der Waals surface area contributed by atoms with Crippen LogP contribution in [0.4, 0.5) is 0 Å². The second-order valence-electron chi connectivity index (χ2n) is 3.96. The summed E-state index contributed by atoms with van der Waals surface area (Å²) in [7, 11) is 0. The van der Waals surface area contributed by atoms with Crippen LogP contribution in [-0.2, 0) is 10.4 Å². The molecule has 0 aliphatic heterocycles. The number of rotatable bonds is 5. The molecule has 1 rings (SSSR count). The number of carboxylic acid groups (broad SMARTS) is 1. The van der Waals surface area contributed by atoms with E-state index in [2.05, 4.69) is 6.58 Å². The van der Waals surface area contributed by atoms with E-state index in [1.165, 1.54) is 6.08 Å². The highest BCUT2D eigenvalue weighted by Gasteiger charge is 2.30. The maximum Gasteiger partial charge on any atom is 0.306 e. The minimum absolute atomic E-state index is 0.225. The minimum atomic E-state index is -1.36. The molecule has 1 unspecified atom stereocenters. The van der Waals surface area contributed by atoms with Crippen LogP contribution >= 0.6 is 0 Å². The van der Waals surface area contributed by atoms with Crippen LogP contribution in [0.25, 0.3) is 0 Å². The third-order valence-corrected chi connectivity index (χ3v) is 2.51. The van der Waals surface area contributed by atoms with Crippen LogP contribution in [0.5, 0.6) is 0 Å². The van der Waals surface area contributed by atoms with E-state index in [1.807, 2.05) is 19.1 Å². The zero-order chi connectivity index (χ0) is 12.2. The Labute approximate surface area is 95.0 Å². The predicted octanol–water partition coefficient (Wildman–Crippen LogP) is 2.23. The van der Waals surface area contributed by atoms with Crippen LogP contribution < -0.4 is 0 Å². The second-order valence-corrected chi connectivity index (χ2v) is 3.96. The average molecular weight is 220 g/mol. The van der Waals surface area contributed by atoms with Gasteiger partial charge in [0.1, 0.15) is 5.60 Å². The Bertz CT molecular complexity index is 381. The first-order chi connectivity index (χ1) is 7.48. The number of aliphatic carboxylic acids is 1. The van der Waals surface area contributed by atoms with E-state index in [0.717, 1.165) is 5.56 Å². The second kappa shape index (κ2) is 4.94. The lowest BCUT2D eigenvalue weighted by molar-refractivity contribution is -0.142. The molecule has 0 aliphatic rings. The van der Waals surface area contributed by atoms with Gasteiger partial charge >= 0.3 is 5.97 Å². The number of aliphatic hydroxyl groups is 1. The molecule has 1 atom stereocenters. The summed E-state index contributed by atoms with van der Waals surface area (Å²) in [6.45, 7) is 5.48. The van der Waals surface area contributed by atoms with Crippen molar-refractivity contribution in [2.24, 2.45) is 0 Å². The smallest absolute Gasteiger partial charge is 0.306 e. The molecule has 0 bridgehead atoms. The maximum atomic E-state index is 10.7. The molecule has 0 aromatic heterocycles. The molecule has 0 amide bonds. The van der Waals surface area contributed by atoms with Crippen LogP contribution in [0.15, 0.2) is 36.9 Å². The van der Waals surface area contributed by atoms with Crippen molar-refractivity contribution < 1.29 is 15.0 Å². The highest BCUT2D eigenvalue weighted by atomic mass is 16.4. The van der Waals surface area contributed by atoms with Crippen molar-refractivity contribution in [3.8, 4) is 0 Å². The zero-order valence-electron chi connectivity index (χ0n) is 9.31. The van der Waals surface area contributed by atoms with Gasteiger partial charge in [-0.1, -0.05) is 35.9 Å². The fraction of sp³-hybridized carbons (Fsp3) is 0.308. The fourth-order valence-electron chi connectivity index (χ4n) is 1.64. The third-order valence-electron chi connectivity index (χ3n) is 2.51. The monoisotopic (exact) mass is 220 g/mol. The Hall–Kier alpha value is -1.61. The lowest BCUT2D eigenvalue weighted by atomic mass is 9.87. The fourth-order valence-corrected chi connectivity index (χ4v) is 1.64. The summed E-state index contributed by atoms with van der Waals surface area (Å²) in [5, 5.41) is 19.1. The molecule has 0 aliphatic carbocycles. The molecule has 0 radical (unpaired) electrons. The molecule has 0 saturated heterocycles. The van der Waals surface area contributed by atoms with E-state index in [9.17, 15) is 9.90 Å². The van der Waals surface area contributed by atoms with Gasteiger partial charge in [-0.15, -0.1) is 6.58 Å².